The third-order valence-corrected chi connectivity index (χ3v) is 5.65. The number of ether oxygens (including phenoxy) is 1. The fraction of sp³-hybridized carbons (Fsp3) is 1.00. The van der Waals surface area contributed by atoms with Gasteiger partial charge in [-0.25, -0.2) is 0 Å². The number of aliphatic hydroxyl groups is 1. The quantitative estimate of drug-likeness (QED) is 0.801. The Hall–Kier alpha value is -0.0800. The predicted octanol–water partition coefficient (Wildman–Crippen LogP) is 3.13. The van der Waals surface area contributed by atoms with Gasteiger partial charge in [0.25, 0.3) is 0 Å². The van der Waals surface area contributed by atoms with Crippen molar-refractivity contribution in [1.29, 1.82) is 0 Å². The molecular weight excluding hydrogens is 212 g/mol. The summed E-state index contributed by atoms with van der Waals surface area (Å²) in [5.41, 5.74) is 0.186. The summed E-state index contributed by atoms with van der Waals surface area (Å²) in [6, 6.07) is 0. The van der Waals surface area contributed by atoms with Gasteiger partial charge in [-0.05, 0) is 56.3 Å². The summed E-state index contributed by atoms with van der Waals surface area (Å²) in [5, 5.41) is 10.6. The van der Waals surface area contributed by atoms with Crippen LogP contribution in [0.4, 0.5) is 0 Å². The third-order valence-electron chi connectivity index (χ3n) is 5.65. The molecule has 0 bridgehead atoms. The molecule has 2 saturated carbocycles. The SMILES string of the molecule is CC1CCCC1C(O)C1CCOC2(CCC2)C1. The molecule has 3 fully saturated rings. The Morgan fingerprint density at radius 1 is 1.18 bits per heavy atom. The van der Waals surface area contributed by atoms with Crippen LogP contribution in [-0.2, 0) is 4.74 Å². The molecular formula is C15H26O2. The van der Waals surface area contributed by atoms with Crippen molar-refractivity contribution in [3.63, 3.8) is 0 Å². The summed E-state index contributed by atoms with van der Waals surface area (Å²) in [5.74, 6) is 1.80. The van der Waals surface area contributed by atoms with Gasteiger partial charge in [-0.3, -0.25) is 0 Å². The highest BCUT2D eigenvalue weighted by atomic mass is 16.5. The first-order valence-corrected chi connectivity index (χ1v) is 7.52. The second kappa shape index (κ2) is 4.55. The van der Waals surface area contributed by atoms with Gasteiger partial charge >= 0.3 is 0 Å². The summed E-state index contributed by atoms with van der Waals surface area (Å²) in [6.07, 6.45) is 9.80. The smallest absolute Gasteiger partial charge is 0.0686 e. The Labute approximate surface area is 105 Å². The Morgan fingerprint density at radius 3 is 2.59 bits per heavy atom. The van der Waals surface area contributed by atoms with Crippen LogP contribution >= 0.6 is 0 Å². The highest BCUT2D eigenvalue weighted by Gasteiger charge is 2.46. The molecule has 0 aromatic carbocycles. The summed E-state index contributed by atoms with van der Waals surface area (Å²) in [7, 11) is 0. The zero-order chi connectivity index (χ0) is 11.9. The van der Waals surface area contributed by atoms with Crippen molar-refractivity contribution in [2.45, 2.75) is 70.0 Å². The van der Waals surface area contributed by atoms with Crippen LogP contribution in [0.5, 0.6) is 0 Å². The molecule has 1 N–H and O–H groups in total. The van der Waals surface area contributed by atoms with Crippen molar-refractivity contribution in [3.8, 4) is 0 Å². The van der Waals surface area contributed by atoms with Gasteiger partial charge in [0, 0.05) is 6.61 Å². The largest absolute Gasteiger partial charge is 0.393 e. The molecule has 98 valence electrons. The van der Waals surface area contributed by atoms with Crippen LogP contribution in [0.25, 0.3) is 0 Å². The molecule has 4 unspecified atom stereocenters. The fourth-order valence-electron chi connectivity index (χ4n) is 4.31. The van der Waals surface area contributed by atoms with Crippen molar-refractivity contribution in [2.24, 2.45) is 17.8 Å². The van der Waals surface area contributed by atoms with E-state index in [1.54, 1.807) is 0 Å². The summed E-state index contributed by atoms with van der Waals surface area (Å²) >= 11 is 0. The lowest BCUT2D eigenvalue weighted by atomic mass is 9.69. The molecule has 0 aromatic rings. The van der Waals surface area contributed by atoms with Crippen LogP contribution < -0.4 is 0 Å². The van der Waals surface area contributed by atoms with Gasteiger partial charge in [-0.2, -0.15) is 0 Å². The van der Waals surface area contributed by atoms with Gasteiger partial charge in [-0.1, -0.05) is 19.8 Å². The molecule has 0 aromatic heterocycles. The minimum absolute atomic E-state index is 0.0612. The Balaban J connectivity index is 1.63. The van der Waals surface area contributed by atoms with Crippen LogP contribution in [0.3, 0.4) is 0 Å². The standard InChI is InChI=1S/C15H26O2/c1-11-4-2-5-13(11)14(16)12-6-9-17-15(10-12)7-3-8-15/h11-14,16H,2-10H2,1H3. The van der Waals surface area contributed by atoms with Gasteiger partial charge in [-0.15, -0.1) is 0 Å². The van der Waals surface area contributed by atoms with E-state index < -0.39 is 0 Å². The summed E-state index contributed by atoms with van der Waals surface area (Å²) in [4.78, 5) is 0. The van der Waals surface area contributed by atoms with E-state index in [4.69, 9.17) is 4.74 Å². The second-order valence-corrected chi connectivity index (χ2v) is 6.70. The fourth-order valence-corrected chi connectivity index (χ4v) is 4.31. The molecule has 1 spiro atoms. The van der Waals surface area contributed by atoms with E-state index in [-0.39, 0.29) is 11.7 Å². The van der Waals surface area contributed by atoms with Crippen molar-refractivity contribution >= 4 is 0 Å². The maximum absolute atomic E-state index is 10.6. The van der Waals surface area contributed by atoms with Crippen LogP contribution in [0, 0.1) is 17.8 Å². The third kappa shape index (κ3) is 2.15. The average molecular weight is 238 g/mol. The number of hydrogen-bond acceptors (Lipinski definition) is 2. The van der Waals surface area contributed by atoms with Crippen LogP contribution in [0.2, 0.25) is 0 Å². The number of hydrogen-bond donors (Lipinski definition) is 1. The van der Waals surface area contributed by atoms with Crippen LogP contribution in [0.15, 0.2) is 0 Å². The monoisotopic (exact) mass is 238 g/mol. The van der Waals surface area contributed by atoms with E-state index in [0.717, 1.165) is 25.4 Å². The number of aliphatic hydroxyl groups excluding tert-OH is 1. The minimum atomic E-state index is -0.0612. The highest BCUT2D eigenvalue weighted by molar-refractivity contribution is 4.97. The average Bonchev–Trinajstić information content (AvgIpc) is 2.73. The summed E-state index contributed by atoms with van der Waals surface area (Å²) in [6.45, 7) is 3.20. The number of rotatable bonds is 2. The van der Waals surface area contributed by atoms with Gasteiger partial charge in [0.15, 0.2) is 0 Å². The molecule has 1 saturated heterocycles. The van der Waals surface area contributed by atoms with Gasteiger partial charge in [0.1, 0.15) is 0 Å². The van der Waals surface area contributed by atoms with E-state index in [0.29, 0.717) is 11.8 Å². The molecule has 1 heterocycles. The van der Waals surface area contributed by atoms with Crippen LogP contribution in [0.1, 0.15) is 58.3 Å². The molecule has 0 amide bonds. The molecule has 1 aliphatic heterocycles. The molecule has 4 atom stereocenters. The van der Waals surface area contributed by atoms with Crippen molar-refractivity contribution < 1.29 is 9.84 Å². The van der Waals surface area contributed by atoms with Gasteiger partial charge in [0.05, 0.1) is 11.7 Å². The molecule has 2 aliphatic carbocycles. The predicted molar refractivity (Wildman–Crippen MR) is 67.8 cm³/mol. The Kier molecular flexibility index (Phi) is 3.20. The first-order chi connectivity index (χ1) is 8.20. The molecule has 17 heavy (non-hydrogen) atoms. The van der Waals surface area contributed by atoms with E-state index in [9.17, 15) is 5.11 Å². The highest BCUT2D eigenvalue weighted by Crippen LogP contribution is 2.47. The molecule has 2 nitrogen and oxygen atoms in total. The molecule has 3 aliphatic rings. The second-order valence-electron chi connectivity index (χ2n) is 6.70. The normalized spacial score (nSPS) is 42.4. The lowest BCUT2D eigenvalue weighted by Gasteiger charge is -2.49. The van der Waals surface area contributed by atoms with E-state index in [1.165, 1.54) is 38.5 Å². The maximum atomic E-state index is 10.6. The van der Waals surface area contributed by atoms with E-state index >= 15 is 0 Å². The van der Waals surface area contributed by atoms with E-state index in [2.05, 4.69) is 6.92 Å². The Morgan fingerprint density at radius 2 is 2.00 bits per heavy atom. The van der Waals surface area contributed by atoms with E-state index in [1.807, 2.05) is 0 Å². The lowest BCUT2D eigenvalue weighted by molar-refractivity contribution is -0.162. The van der Waals surface area contributed by atoms with Crippen molar-refractivity contribution in [3.05, 3.63) is 0 Å². The van der Waals surface area contributed by atoms with Crippen LogP contribution in [-0.4, -0.2) is 23.4 Å². The summed E-state index contributed by atoms with van der Waals surface area (Å²) < 4.78 is 5.96. The minimum Gasteiger partial charge on any atom is -0.393 e. The molecule has 0 radical (unpaired) electrons. The first kappa shape index (κ1) is 12.0. The van der Waals surface area contributed by atoms with Crippen molar-refractivity contribution in [1.82, 2.24) is 0 Å². The van der Waals surface area contributed by atoms with Gasteiger partial charge < -0.3 is 9.84 Å². The topological polar surface area (TPSA) is 29.5 Å². The lowest BCUT2D eigenvalue weighted by Crippen LogP contribution is -2.49. The van der Waals surface area contributed by atoms with Crippen molar-refractivity contribution in [2.75, 3.05) is 6.61 Å². The molecule has 2 heteroatoms. The maximum Gasteiger partial charge on any atom is 0.0686 e. The first-order valence-electron chi connectivity index (χ1n) is 7.52. The zero-order valence-corrected chi connectivity index (χ0v) is 11.0. The van der Waals surface area contributed by atoms with Gasteiger partial charge in [0.2, 0.25) is 0 Å². The zero-order valence-electron chi connectivity index (χ0n) is 11.0. The Bertz CT molecular complexity index is 272. The molecule has 3 rings (SSSR count).